The van der Waals surface area contributed by atoms with Gasteiger partial charge in [0.1, 0.15) is 0 Å². The lowest BCUT2D eigenvalue weighted by atomic mass is 10.6. The van der Waals surface area contributed by atoms with Gasteiger partial charge < -0.3 is 15.8 Å². The van der Waals surface area contributed by atoms with E-state index in [0.29, 0.717) is 13.1 Å². The van der Waals surface area contributed by atoms with Gasteiger partial charge in [0.2, 0.25) is 0 Å². The number of rotatable bonds is 4. The highest BCUT2D eigenvalue weighted by Gasteiger charge is 1.95. The highest BCUT2D eigenvalue weighted by molar-refractivity contribution is 5.85. The molecule has 0 aliphatic heterocycles. The van der Waals surface area contributed by atoms with Crippen molar-refractivity contribution in [1.82, 2.24) is 5.32 Å². The van der Waals surface area contributed by atoms with Gasteiger partial charge >= 0.3 is 5.97 Å². The minimum Gasteiger partial charge on any atom is -0.468 e. The first kappa shape index (κ1) is 17.2. The molecule has 0 fully saturated rings. The number of hydrogen-bond donors (Lipinski definition) is 2. The van der Waals surface area contributed by atoms with E-state index < -0.39 is 0 Å². The molecule has 11 heavy (non-hydrogen) atoms. The molecule has 0 radical (unpaired) electrons. The first-order chi connectivity index (χ1) is 4.31. The van der Waals surface area contributed by atoms with Crippen LogP contribution in [0.4, 0.5) is 0 Å². The van der Waals surface area contributed by atoms with Gasteiger partial charge in [-0.2, -0.15) is 0 Å². The third-order valence-electron chi connectivity index (χ3n) is 0.818. The fourth-order valence-corrected chi connectivity index (χ4v) is 0.365. The van der Waals surface area contributed by atoms with Crippen LogP contribution in [0.3, 0.4) is 0 Å². The van der Waals surface area contributed by atoms with Crippen LogP contribution >= 0.6 is 24.8 Å². The number of ether oxygens (including phenoxy) is 1. The summed E-state index contributed by atoms with van der Waals surface area (Å²) < 4.78 is 4.35. The van der Waals surface area contributed by atoms with Crippen LogP contribution in [0.15, 0.2) is 0 Å². The van der Waals surface area contributed by atoms with Crippen molar-refractivity contribution in [2.75, 3.05) is 26.7 Å². The number of hydrogen-bond acceptors (Lipinski definition) is 4. The highest BCUT2D eigenvalue weighted by atomic mass is 35.5. The molecule has 0 rings (SSSR count). The lowest BCUT2D eigenvalue weighted by Gasteiger charge is -1.98. The molecule has 0 unspecified atom stereocenters. The molecule has 0 heterocycles. The van der Waals surface area contributed by atoms with Gasteiger partial charge in [0.25, 0.3) is 0 Å². The van der Waals surface area contributed by atoms with Crippen molar-refractivity contribution in [2.24, 2.45) is 5.73 Å². The summed E-state index contributed by atoms with van der Waals surface area (Å²) >= 11 is 0. The summed E-state index contributed by atoms with van der Waals surface area (Å²) in [5.74, 6) is -0.261. The van der Waals surface area contributed by atoms with Crippen molar-refractivity contribution in [1.29, 1.82) is 0 Å². The van der Waals surface area contributed by atoms with Gasteiger partial charge in [-0.1, -0.05) is 0 Å². The van der Waals surface area contributed by atoms with Crippen molar-refractivity contribution < 1.29 is 9.53 Å². The molecule has 0 spiro atoms. The van der Waals surface area contributed by atoms with Crippen LogP contribution in [0.5, 0.6) is 0 Å². The van der Waals surface area contributed by atoms with Gasteiger partial charge in [-0.05, 0) is 0 Å². The molecule has 6 heteroatoms. The summed E-state index contributed by atoms with van der Waals surface area (Å²) in [5, 5.41) is 2.79. The Balaban J connectivity index is -0.000000320. The molecule has 0 aliphatic rings. The topological polar surface area (TPSA) is 64.3 Å². The Labute approximate surface area is 78.7 Å². The van der Waals surface area contributed by atoms with E-state index in [-0.39, 0.29) is 37.3 Å². The second-order valence-electron chi connectivity index (χ2n) is 1.54. The predicted octanol–water partition coefficient (Wildman–Crippen LogP) is -0.449. The summed E-state index contributed by atoms with van der Waals surface area (Å²) in [7, 11) is 1.35. The molecule has 0 aromatic rings. The lowest BCUT2D eigenvalue weighted by Crippen LogP contribution is -2.28. The van der Waals surface area contributed by atoms with Gasteiger partial charge in [-0.15, -0.1) is 24.8 Å². The summed E-state index contributed by atoms with van der Waals surface area (Å²) in [5.41, 5.74) is 5.14. The number of nitrogens with two attached hydrogens (primary N) is 1. The zero-order chi connectivity index (χ0) is 7.11. The summed E-state index contributed by atoms with van der Waals surface area (Å²) in [6, 6.07) is 0. The molecular weight excluding hydrogens is 191 g/mol. The van der Waals surface area contributed by atoms with Crippen LogP contribution in [0.25, 0.3) is 0 Å². The zero-order valence-corrected chi connectivity index (χ0v) is 7.96. The number of methoxy groups -OCH3 is 1. The number of esters is 1. The molecule has 0 aromatic carbocycles. The third-order valence-corrected chi connectivity index (χ3v) is 0.818. The molecule has 0 amide bonds. The Bertz CT molecular complexity index is 92.6. The maximum atomic E-state index is 10.4. The molecule has 0 aliphatic carbocycles. The standard InChI is InChI=1S/C5H12N2O2.2ClH/c1-9-5(8)4-7-3-2-6;;/h7H,2-4,6H2,1H3;2*1H. The van der Waals surface area contributed by atoms with Gasteiger partial charge in [-0.25, -0.2) is 0 Å². The Hall–Kier alpha value is -0.0300. The van der Waals surface area contributed by atoms with Gasteiger partial charge in [-0.3, -0.25) is 4.79 Å². The third kappa shape index (κ3) is 13.0. The van der Waals surface area contributed by atoms with Crippen LogP contribution in [-0.2, 0) is 9.53 Å². The summed E-state index contributed by atoms with van der Waals surface area (Å²) in [4.78, 5) is 10.4. The summed E-state index contributed by atoms with van der Waals surface area (Å²) in [6.45, 7) is 1.43. The average molecular weight is 205 g/mol. The predicted molar refractivity (Wildman–Crippen MR) is 48.4 cm³/mol. The van der Waals surface area contributed by atoms with Crippen LogP contribution in [0, 0.1) is 0 Å². The highest BCUT2D eigenvalue weighted by Crippen LogP contribution is 1.67. The molecule has 70 valence electrons. The number of carbonyl (C=O) groups excluding carboxylic acids is 1. The van der Waals surface area contributed by atoms with Crippen LogP contribution < -0.4 is 11.1 Å². The van der Waals surface area contributed by atoms with E-state index in [2.05, 4.69) is 10.1 Å². The second-order valence-corrected chi connectivity index (χ2v) is 1.54. The molecule has 0 atom stereocenters. The van der Waals surface area contributed by atoms with E-state index in [1.165, 1.54) is 7.11 Å². The smallest absolute Gasteiger partial charge is 0.319 e. The van der Waals surface area contributed by atoms with Gasteiger partial charge in [0, 0.05) is 13.1 Å². The second kappa shape index (κ2) is 12.6. The van der Waals surface area contributed by atoms with Gasteiger partial charge in [0.15, 0.2) is 0 Å². The van der Waals surface area contributed by atoms with Crippen LogP contribution in [-0.4, -0.2) is 32.7 Å². The number of nitrogens with one attached hydrogen (secondary N) is 1. The molecule has 4 nitrogen and oxygen atoms in total. The molecular formula is C5H14Cl2N2O2. The Morgan fingerprint density at radius 1 is 1.55 bits per heavy atom. The van der Waals surface area contributed by atoms with Crippen molar-refractivity contribution in [3.63, 3.8) is 0 Å². The normalized spacial score (nSPS) is 7.45. The number of carbonyl (C=O) groups is 1. The fraction of sp³-hybridized carbons (Fsp3) is 0.800. The zero-order valence-electron chi connectivity index (χ0n) is 6.33. The van der Waals surface area contributed by atoms with Crippen molar-refractivity contribution in [2.45, 2.75) is 0 Å². The van der Waals surface area contributed by atoms with E-state index in [0.717, 1.165) is 0 Å². The van der Waals surface area contributed by atoms with E-state index in [1.807, 2.05) is 0 Å². The van der Waals surface area contributed by atoms with Crippen molar-refractivity contribution >= 4 is 30.8 Å². The average Bonchev–Trinajstić information content (AvgIpc) is 1.89. The minimum atomic E-state index is -0.261. The lowest BCUT2D eigenvalue weighted by molar-refractivity contribution is -0.139. The first-order valence-electron chi connectivity index (χ1n) is 2.79. The first-order valence-corrected chi connectivity index (χ1v) is 2.79. The molecule has 0 saturated heterocycles. The Morgan fingerprint density at radius 3 is 2.45 bits per heavy atom. The van der Waals surface area contributed by atoms with Gasteiger partial charge in [0.05, 0.1) is 13.7 Å². The van der Waals surface area contributed by atoms with Crippen molar-refractivity contribution in [3.8, 4) is 0 Å². The fourth-order valence-electron chi connectivity index (χ4n) is 0.365. The molecule has 0 saturated carbocycles. The molecule has 3 N–H and O–H groups in total. The van der Waals surface area contributed by atoms with Crippen LogP contribution in [0.1, 0.15) is 0 Å². The molecule has 0 bridgehead atoms. The van der Waals surface area contributed by atoms with E-state index in [1.54, 1.807) is 0 Å². The quantitative estimate of drug-likeness (QED) is 0.482. The Morgan fingerprint density at radius 2 is 2.09 bits per heavy atom. The Kier molecular flexibility index (Phi) is 19.7. The summed E-state index contributed by atoms with van der Waals surface area (Å²) in [6.07, 6.45) is 0. The van der Waals surface area contributed by atoms with Crippen molar-refractivity contribution in [3.05, 3.63) is 0 Å². The SMILES string of the molecule is COC(=O)CNCCN.Cl.Cl. The van der Waals surface area contributed by atoms with Crippen LogP contribution in [0.2, 0.25) is 0 Å². The maximum Gasteiger partial charge on any atom is 0.319 e. The van der Waals surface area contributed by atoms with E-state index in [9.17, 15) is 4.79 Å². The monoisotopic (exact) mass is 204 g/mol. The van der Waals surface area contributed by atoms with E-state index >= 15 is 0 Å². The maximum absolute atomic E-state index is 10.4. The minimum absolute atomic E-state index is 0. The number of halogens is 2. The molecule has 0 aromatic heterocycles. The van der Waals surface area contributed by atoms with E-state index in [4.69, 9.17) is 5.73 Å². The largest absolute Gasteiger partial charge is 0.468 e.